The normalized spacial score (nSPS) is 19.3. The van der Waals surface area contributed by atoms with Gasteiger partial charge in [-0.3, -0.25) is 4.79 Å². The Morgan fingerprint density at radius 2 is 1.96 bits per heavy atom. The summed E-state index contributed by atoms with van der Waals surface area (Å²) in [6.07, 6.45) is 7.21. The number of hydrogen-bond acceptors (Lipinski definition) is 3. The summed E-state index contributed by atoms with van der Waals surface area (Å²) in [5, 5.41) is 1.15. The number of hydrogen-bond donors (Lipinski definition) is 0. The van der Waals surface area contributed by atoms with E-state index in [1.807, 2.05) is 18.0 Å². The van der Waals surface area contributed by atoms with Crippen LogP contribution in [-0.4, -0.2) is 33.9 Å². The lowest BCUT2D eigenvalue weighted by Gasteiger charge is -2.31. The van der Waals surface area contributed by atoms with Crippen LogP contribution in [0.15, 0.2) is 24.4 Å². The molecule has 4 rings (SSSR count). The van der Waals surface area contributed by atoms with E-state index in [0.717, 1.165) is 48.6 Å². The van der Waals surface area contributed by atoms with Gasteiger partial charge in [0, 0.05) is 42.7 Å². The second-order valence-corrected chi connectivity index (χ2v) is 6.83. The lowest BCUT2D eigenvalue weighted by Crippen LogP contribution is -2.37. The Morgan fingerprint density at radius 1 is 1.17 bits per heavy atom. The molecule has 4 nitrogen and oxygen atoms in total. The number of carbonyl (C=O) groups is 1. The minimum absolute atomic E-state index is 0.268. The van der Waals surface area contributed by atoms with Crippen molar-refractivity contribution >= 4 is 16.9 Å². The Kier molecular flexibility index (Phi) is 3.76. The third-order valence-electron chi connectivity index (χ3n) is 5.20. The number of aromatic nitrogens is 2. The van der Waals surface area contributed by atoms with Crippen molar-refractivity contribution < 1.29 is 4.79 Å². The van der Waals surface area contributed by atoms with Gasteiger partial charge in [-0.15, -0.1) is 0 Å². The standard InChI is InChI=1S/C19H23N3O/c1-2-18(23)22-9-7-14(8-10-22)17-6-5-15-11-16(13-3-4-13)12-20-19(15)21-17/h5-6,11-14H,2-4,7-10H2,1H3. The number of rotatable bonds is 3. The first kappa shape index (κ1) is 14.6. The molecule has 4 heteroatoms. The van der Waals surface area contributed by atoms with Gasteiger partial charge in [-0.25, -0.2) is 9.97 Å². The van der Waals surface area contributed by atoms with Crippen LogP contribution in [0.4, 0.5) is 0 Å². The molecule has 0 spiro atoms. The smallest absolute Gasteiger partial charge is 0.222 e. The molecule has 2 aliphatic rings. The number of likely N-dealkylation sites (tertiary alicyclic amines) is 1. The molecule has 23 heavy (non-hydrogen) atoms. The van der Waals surface area contributed by atoms with Crippen LogP contribution in [0, 0.1) is 0 Å². The van der Waals surface area contributed by atoms with E-state index in [2.05, 4.69) is 23.2 Å². The fourth-order valence-electron chi connectivity index (χ4n) is 3.56. The predicted molar refractivity (Wildman–Crippen MR) is 90.4 cm³/mol. The Balaban J connectivity index is 1.51. The Labute approximate surface area is 136 Å². The maximum Gasteiger partial charge on any atom is 0.222 e. The third kappa shape index (κ3) is 2.94. The molecule has 0 radical (unpaired) electrons. The maximum absolute atomic E-state index is 11.8. The summed E-state index contributed by atoms with van der Waals surface area (Å²) in [5.74, 6) is 1.45. The van der Waals surface area contributed by atoms with E-state index < -0.39 is 0 Å². The van der Waals surface area contributed by atoms with Crippen molar-refractivity contribution in [3.05, 3.63) is 35.7 Å². The summed E-state index contributed by atoms with van der Waals surface area (Å²) in [5.41, 5.74) is 3.35. The molecular weight excluding hydrogens is 286 g/mol. The third-order valence-corrected chi connectivity index (χ3v) is 5.20. The van der Waals surface area contributed by atoms with Crippen molar-refractivity contribution in [3.8, 4) is 0 Å². The molecule has 0 N–H and O–H groups in total. The van der Waals surface area contributed by atoms with Gasteiger partial charge in [-0.1, -0.05) is 6.92 Å². The van der Waals surface area contributed by atoms with Crippen LogP contribution in [0.3, 0.4) is 0 Å². The second kappa shape index (κ2) is 5.91. The largest absolute Gasteiger partial charge is 0.343 e. The summed E-state index contributed by atoms with van der Waals surface area (Å²) in [6.45, 7) is 3.64. The Hall–Kier alpha value is -1.97. The van der Waals surface area contributed by atoms with Crippen LogP contribution in [0.1, 0.15) is 62.1 Å². The van der Waals surface area contributed by atoms with Crippen molar-refractivity contribution in [2.24, 2.45) is 0 Å². The van der Waals surface area contributed by atoms with Gasteiger partial charge in [0.15, 0.2) is 5.65 Å². The number of pyridine rings is 2. The highest BCUT2D eigenvalue weighted by Crippen LogP contribution is 2.40. The number of amides is 1. The van der Waals surface area contributed by atoms with Gasteiger partial charge < -0.3 is 4.90 Å². The van der Waals surface area contributed by atoms with Gasteiger partial charge in [0.1, 0.15) is 0 Å². The molecule has 1 aliphatic carbocycles. The molecule has 120 valence electrons. The molecule has 2 aromatic heterocycles. The van der Waals surface area contributed by atoms with Gasteiger partial charge >= 0.3 is 0 Å². The average molecular weight is 309 g/mol. The van der Waals surface area contributed by atoms with Gasteiger partial charge in [0.05, 0.1) is 0 Å². The molecule has 1 aliphatic heterocycles. The van der Waals surface area contributed by atoms with Crippen molar-refractivity contribution in [3.63, 3.8) is 0 Å². The molecule has 0 aromatic carbocycles. The lowest BCUT2D eigenvalue weighted by atomic mass is 9.92. The van der Waals surface area contributed by atoms with Crippen molar-refractivity contribution in [2.75, 3.05) is 13.1 Å². The summed E-state index contributed by atoms with van der Waals surface area (Å²) in [7, 11) is 0. The van der Waals surface area contributed by atoms with E-state index in [0.29, 0.717) is 12.3 Å². The molecule has 2 aromatic rings. The molecule has 1 saturated carbocycles. The number of nitrogens with zero attached hydrogens (tertiary/aromatic N) is 3. The zero-order valence-electron chi connectivity index (χ0n) is 13.7. The Morgan fingerprint density at radius 3 is 2.65 bits per heavy atom. The second-order valence-electron chi connectivity index (χ2n) is 6.83. The summed E-state index contributed by atoms with van der Waals surface area (Å²) in [6, 6.07) is 6.57. The van der Waals surface area contributed by atoms with Crippen molar-refractivity contribution in [1.82, 2.24) is 14.9 Å². The minimum atomic E-state index is 0.268. The van der Waals surface area contributed by atoms with Crippen LogP contribution < -0.4 is 0 Å². The van der Waals surface area contributed by atoms with Crippen LogP contribution >= 0.6 is 0 Å². The van der Waals surface area contributed by atoms with Crippen LogP contribution in [0.2, 0.25) is 0 Å². The SMILES string of the molecule is CCC(=O)N1CCC(c2ccc3cc(C4CC4)cnc3n2)CC1. The molecule has 3 heterocycles. The molecule has 0 unspecified atom stereocenters. The van der Waals surface area contributed by atoms with Gasteiger partial charge in [0.25, 0.3) is 0 Å². The van der Waals surface area contributed by atoms with Crippen molar-refractivity contribution in [2.45, 2.75) is 50.9 Å². The highest BCUT2D eigenvalue weighted by Gasteiger charge is 2.25. The average Bonchev–Trinajstić information content (AvgIpc) is 3.45. The minimum Gasteiger partial charge on any atom is -0.343 e. The lowest BCUT2D eigenvalue weighted by molar-refractivity contribution is -0.131. The highest BCUT2D eigenvalue weighted by molar-refractivity contribution is 5.76. The zero-order valence-corrected chi connectivity index (χ0v) is 13.7. The monoisotopic (exact) mass is 309 g/mol. The number of carbonyl (C=O) groups excluding carboxylic acids is 1. The van der Waals surface area contributed by atoms with E-state index in [-0.39, 0.29) is 5.91 Å². The fourth-order valence-corrected chi connectivity index (χ4v) is 3.56. The summed E-state index contributed by atoms with van der Waals surface area (Å²) in [4.78, 5) is 23.1. The van der Waals surface area contributed by atoms with Crippen molar-refractivity contribution in [1.29, 1.82) is 0 Å². The van der Waals surface area contributed by atoms with E-state index in [9.17, 15) is 4.79 Å². The fraction of sp³-hybridized carbons (Fsp3) is 0.526. The van der Waals surface area contributed by atoms with Crippen LogP contribution in [0.25, 0.3) is 11.0 Å². The van der Waals surface area contributed by atoms with Crippen LogP contribution in [0.5, 0.6) is 0 Å². The van der Waals surface area contributed by atoms with Gasteiger partial charge in [0.2, 0.25) is 5.91 Å². The van der Waals surface area contributed by atoms with E-state index in [1.165, 1.54) is 18.4 Å². The van der Waals surface area contributed by atoms with E-state index in [1.54, 1.807) is 0 Å². The van der Waals surface area contributed by atoms with Gasteiger partial charge in [-0.05, 0) is 55.4 Å². The quantitative estimate of drug-likeness (QED) is 0.870. The molecular formula is C19H23N3O. The summed E-state index contributed by atoms with van der Waals surface area (Å²) < 4.78 is 0. The zero-order chi connectivity index (χ0) is 15.8. The first-order chi connectivity index (χ1) is 11.2. The predicted octanol–water partition coefficient (Wildman–Crippen LogP) is 3.62. The molecule has 2 fully saturated rings. The highest BCUT2D eigenvalue weighted by atomic mass is 16.2. The van der Waals surface area contributed by atoms with E-state index >= 15 is 0 Å². The first-order valence-corrected chi connectivity index (χ1v) is 8.79. The topological polar surface area (TPSA) is 46.1 Å². The Bertz CT molecular complexity index is 730. The maximum atomic E-state index is 11.8. The summed E-state index contributed by atoms with van der Waals surface area (Å²) >= 11 is 0. The molecule has 1 saturated heterocycles. The van der Waals surface area contributed by atoms with Crippen LogP contribution in [-0.2, 0) is 4.79 Å². The number of fused-ring (bicyclic) bond motifs is 1. The van der Waals surface area contributed by atoms with Gasteiger partial charge in [-0.2, -0.15) is 0 Å². The molecule has 1 amide bonds. The molecule has 0 bridgehead atoms. The molecule has 0 atom stereocenters. The first-order valence-electron chi connectivity index (χ1n) is 8.79. The number of piperidine rings is 1. The van der Waals surface area contributed by atoms with E-state index in [4.69, 9.17) is 4.98 Å².